The van der Waals surface area contributed by atoms with Crippen LogP contribution in [0.15, 0.2) is 18.6 Å². The van der Waals surface area contributed by atoms with E-state index in [9.17, 15) is 4.79 Å². The van der Waals surface area contributed by atoms with Gasteiger partial charge in [0.05, 0.1) is 11.3 Å². The smallest absolute Gasteiger partial charge is 0.337 e. The van der Waals surface area contributed by atoms with Gasteiger partial charge in [0.25, 0.3) is 0 Å². The van der Waals surface area contributed by atoms with Crippen molar-refractivity contribution in [3.8, 4) is 5.82 Å². The van der Waals surface area contributed by atoms with Crippen LogP contribution in [-0.4, -0.2) is 25.6 Å². The van der Waals surface area contributed by atoms with Crippen molar-refractivity contribution in [2.24, 2.45) is 0 Å². The summed E-state index contributed by atoms with van der Waals surface area (Å²) in [6.07, 6.45) is 3.06. The Balaban J connectivity index is 2.54. The number of rotatable bonds is 2. The Morgan fingerprint density at radius 2 is 2.00 bits per heavy atom. The molecule has 0 amide bonds. The first-order valence-electron chi connectivity index (χ1n) is 5.21. The highest BCUT2D eigenvalue weighted by Gasteiger charge is 2.11. The van der Waals surface area contributed by atoms with Gasteiger partial charge in [0.1, 0.15) is 12.1 Å². The van der Waals surface area contributed by atoms with Crippen LogP contribution in [0.5, 0.6) is 0 Å². The lowest BCUT2D eigenvalue weighted by Crippen LogP contribution is -2.05. The van der Waals surface area contributed by atoms with E-state index < -0.39 is 5.97 Å². The van der Waals surface area contributed by atoms with Gasteiger partial charge in [-0.05, 0) is 32.4 Å². The Bertz CT molecular complexity index is 587. The molecule has 5 nitrogen and oxygen atoms in total. The number of hydrogen-bond donors (Lipinski definition) is 1. The largest absolute Gasteiger partial charge is 0.478 e. The Labute approximate surface area is 98.8 Å². The van der Waals surface area contributed by atoms with Crippen molar-refractivity contribution in [2.45, 2.75) is 20.8 Å². The number of aromatic nitrogens is 3. The molecule has 5 heteroatoms. The van der Waals surface area contributed by atoms with E-state index in [1.165, 1.54) is 6.20 Å². The molecule has 0 aliphatic rings. The molecule has 0 saturated heterocycles. The minimum atomic E-state index is -0.967. The molecule has 88 valence electrons. The van der Waals surface area contributed by atoms with Crippen molar-refractivity contribution >= 4 is 5.97 Å². The van der Waals surface area contributed by atoms with Crippen LogP contribution in [0, 0.1) is 20.8 Å². The number of carbonyl (C=O) groups is 1. The lowest BCUT2D eigenvalue weighted by molar-refractivity contribution is 0.0696. The summed E-state index contributed by atoms with van der Waals surface area (Å²) in [5.74, 6) is -0.251. The number of carboxylic acids is 1. The predicted molar refractivity (Wildman–Crippen MR) is 62.5 cm³/mol. The zero-order valence-electron chi connectivity index (χ0n) is 9.93. The predicted octanol–water partition coefficient (Wildman–Crippen LogP) is 1.89. The van der Waals surface area contributed by atoms with E-state index in [2.05, 4.69) is 9.97 Å². The molecule has 2 aromatic rings. The lowest BCUT2D eigenvalue weighted by atomic mass is 10.2. The first-order chi connectivity index (χ1) is 8.00. The molecular weight excluding hydrogens is 218 g/mol. The Kier molecular flexibility index (Phi) is 2.67. The summed E-state index contributed by atoms with van der Waals surface area (Å²) >= 11 is 0. The first-order valence-corrected chi connectivity index (χ1v) is 5.21. The third-order valence-electron chi connectivity index (χ3n) is 2.78. The normalized spacial score (nSPS) is 10.5. The third kappa shape index (κ3) is 1.91. The molecule has 0 fully saturated rings. The fourth-order valence-electron chi connectivity index (χ4n) is 1.65. The number of aryl methyl sites for hydroxylation is 2. The monoisotopic (exact) mass is 231 g/mol. The van der Waals surface area contributed by atoms with Crippen LogP contribution in [0.3, 0.4) is 0 Å². The molecule has 0 unspecified atom stereocenters. The second-order valence-electron chi connectivity index (χ2n) is 3.96. The van der Waals surface area contributed by atoms with Crippen LogP contribution in [-0.2, 0) is 0 Å². The van der Waals surface area contributed by atoms with Crippen LogP contribution < -0.4 is 0 Å². The molecule has 0 aliphatic heterocycles. The Morgan fingerprint density at radius 3 is 2.47 bits per heavy atom. The van der Waals surface area contributed by atoms with E-state index in [4.69, 9.17) is 5.11 Å². The molecule has 2 aromatic heterocycles. The van der Waals surface area contributed by atoms with Gasteiger partial charge in [-0.1, -0.05) is 0 Å². The SMILES string of the molecule is Cc1cc(C(=O)O)cnc1-n1cnc(C)c1C. The molecule has 17 heavy (non-hydrogen) atoms. The van der Waals surface area contributed by atoms with Crippen LogP contribution in [0.25, 0.3) is 5.82 Å². The summed E-state index contributed by atoms with van der Waals surface area (Å²) in [6.45, 7) is 5.71. The number of pyridine rings is 1. The quantitative estimate of drug-likeness (QED) is 0.857. The van der Waals surface area contributed by atoms with E-state index in [0.717, 1.165) is 17.0 Å². The molecule has 2 rings (SSSR count). The second-order valence-corrected chi connectivity index (χ2v) is 3.96. The minimum Gasteiger partial charge on any atom is -0.478 e. The maximum atomic E-state index is 10.8. The number of aromatic carboxylic acids is 1. The van der Waals surface area contributed by atoms with Gasteiger partial charge in [-0.15, -0.1) is 0 Å². The highest BCUT2D eigenvalue weighted by molar-refractivity contribution is 5.87. The van der Waals surface area contributed by atoms with Gasteiger partial charge in [-0.3, -0.25) is 4.57 Å². The average molecular weight is 231 g/mol. The van der Waals surface area contributed by atoms with E-state index in [-0.39, 0.29) is 5.56 Å². The molecule has 0 aliphatic carbocycles. The van der Waals surface area contributed by atoms with Crippen molar-refractivity contribution in [3.05, 3.63) is 41.1 Å². The lowest BCUT2D eigenvalue weighted by Gasteiger charge is -2.08. The Hall–Kier alpha value is -2.17. The number of hydrogen-bond acceptors (Lipinski definition) is 3. The molecule has 0 aromatic carbocycles. The summed E-state index contributed by atoms with van der Waals surface area (Å²) in [7, 11) is 0. The van der Waals surface area contributed by atoms with Crippen molar-refractivity contribution in [3.63, 3.8) is 0 Å². The summed E-state index contributed by atoms with van der Waals surface area (Å²) in [6, 6.07) is 1.61. The maximum Gasteiger partial charge on any atom is 0.337 e. The zero-order valence-corrected chi connectivity index (χ0v) is 9.93. The summed E-state index contributed by atoms with van der Waals surface area (Å²) in [5.41, 5.74) is 2.95. The summed E-state index contributed by atoms with van der Waals surface area (Å²) < 4.78 is 1.86. The average Bonchev–Trinajstić information content (AvgIpc) is 2.60. The van der Waals surface area contributed by atoms with E-state index in [0.29, 0.717) is 5.82 Å². The third-order valence-corrected chi connectivity index (χ3v) is 2.78. The standard InChI is InChI=1S/C12H13N3O2/c1-7-4-10(12(16)17)5-13-11(7)15-6-14-8(2)9(15)3/h4-6H,1-3H3,(H,16,17). The van der Waals surface area contributed by atoms with Crippen molar-refractivity contribution < 1.29 is 9.90 Å². The number of nitrogens with zero attached hydrogens (tertiary/aromatic N) is 3. The van der Waals surface area contributed by atoms with Gasteiger partial charge in [0.2, 0.25) is 0 Å². The molecule has 0 bridgehead atoms. The zero-order chi connectivity index (χ0) is 12.6. The minimum absolute atomic E-state index is 0.195. The fourth-order valence-corrected chi connectivity index (χ4v) is 1.65. The molecular formula is C12H13N3O2. The van der Waals surface area contributed by atoms with Crippen molar-refractivity contribution in [2.75, 3.05) is 0 Å². The van der Waals surface area contributed by atoms with Gasteiger partial charge in [-0.2, -0.15) is 0 Å². The molecule has 0 spiro atoms. The number of imidazole rings is 1. The van der Waals surface area contributed by atoms with Gasteiger partial charge in [0.15, 0.2) is 0 Å². The highest BCUT2D eigenvalue weighted by atomic mass is 16.4. The van der Waals surface area contributed by atoms with Gasteiger partial charge < -0.3 is 5.11 Å². The molecule has 1 N–H and O–H groups in total. The second kappa shape index (κ2) is 4.01. The Morgan fingerprint density at radius 1 is 1.29 bits per heavy atom. The summed E-state index contributed by atoms with van der Waals surface area (Å²) in [4.78, 5) is 19.2. The molecule has 2 heterocycles. The van der Waals surface area contributed by atoms with Crippen LogP contribution in [0.4, 0.5) is 0 Å². The van der Waals surface area contributed by atoms with E-state index >= 15 is 0 Å². The molecule has 0 atom stereocenters. The van der Waals surface area contributed by atoms with Gasteiger partial charge in [0, 0.05) is 11.9 Å². The maximum absolute atomic E-state index is 10.8. The number of carboxylic acid groups (broad SMARTS) is 1. The molecule has 0 radical (unpaired) electrons. The highest BCUT2D eigenvalue weighted by Crippen LogP contribution is 2.16. The van der Waals surface area contributed by atoms with Crippen LogP contribution >= 0.6 is 0 Å². The molecule has 0 saturated carbocycles. The van der Waals surface area contributed by atoms with Gasteiger partial charge in [-0.25, -0.2) is 14.8 Å². The van der Waals surface area contributed by atoms with Gasteiger partial charge >= 0.3 is 5.97 Å². The fraction of sp³-hybridized carbons (Fsp3) is 0.250. The first kappa shape index (κ1) is 11.3. The van der Waals surface area contributed by atoms with E-state index in [1.807, 2.05) is 25.3 Å². The van der Waals surface area contributed by atoms with Crippen molar-refractivity contribution in [1.82, 2.24) is 14.5 Å². The van der Waals surface area contributed by atoms with E-state index in [1.54, 1.807) is 12.4 Å². The van der Waals surface area contributed by atoms with Crippen molar-refractivity contribution in [1.29, 1.82) is 0 Å². The summed E-state index contributed by atoms with van der Waals surface area (Å²) in [5, 5.41) is 8.87. The van der Waals surface area contributed by atoms with Crippen LogP contribution in [0.2, 0.25) is 0 Å². The van der Waals surface area contributed by atoms with Crippen LogP contribution in [0.1, 0.15) is 27.3 Å². The topological polar surface area (TPSA) is 68.0 Å².